The summed E-state index contributed by atoms with van der Waals surface area (Å²) in [4.78, 5) is 11.3. The van der Waals surface area contributed by atoms with Gasteiger partial charge in [-0.1, -0.05) is 0 Å². The van der Waals surface area contributed by atoms with Gasteiger partial charge in [-0.05, 0) is 28.1 Å². The topological polar surface area (TPSA) is 50.1 Å². The zero-order chi connectivity index (χ0) is 13.2. The number of hydrogen-bond acceptors (Lipinski definition) is 3. The van der Waals surface area contributed by atoms with Crippen molar-refractivity contribution in [2.75, 3.05) is 7.11 Å². The van der Waals surface area contributed by atoms with Crippen LogP contribution in [0.2, 0.25) is 0 Å². The number of carbonyl (C=O) groups excluding carboxylic acids is 1. The summed E-state index contributed by atoms with van der Waals surface area (Å²) in [6.45, 7) is 0. The lowest BCUT2D eigenvalue weighted by Crippen LogP contribution is -2.15. The molecule has 0 aliphatic rings. The summed E-state index contributed by atoms with van der Waals surface area (Å²) >= 11 is 2.82. The van der Waals surface area contributed by atoms with Gasteiger partial charge in [-0.2, -0.15) is 18.4 Å². The molecule has 0 N–H and O–H groups in total. The molecule has 0 saturated carbocycles. The Morgan fingerprint density at radius 3 is 2.47 bits per heavy atom. The molecule has 0 unspecified atom stereocenters. The highest BCUT2D eigenvalue weighted by molar-refractivity contribution is 9.10. The average Bonchev–Trinajstić information content (AvgIpc) is 2.25. The van der Waals surface area contributed by atoms with Gasteiger partial charge in [0.05, 0.1) is 29.9 Å². The highest BCUT2D eigenvalue weighted by Gasteiger charge is 2.37. The molecule has 0 aliphatic carbocycles. The Bertz CT molecular complexity index is 505. The average molecular weight is 308 g/mol. The van der Waals surface area contributed by atoms with Crippen LogP contribution in [0.1, 0.15) is 21.5 Å². The molecule has 1 rings (SSSR count). The van der Waals surface area contributed by atoms with Crippen LogP contribution in [0.5, 0.6) is 0 Å². The third-order valence-electron chi connectivity index (χ3n) is 1.91. The van der Waals surface area contributed by atoms with Gasteiger partial charge in [-0.3, -0.25) is 0 Å². The summed E-state index contributed by atoms with van der Waals surface area (Å²) in [5.74, 6) is -1.12. The van der Waals surface area contributed by atoms with Gasteiger partial charge in [-0.25, -0.2) is 4.79 Å². The van der Waals surface area contributed by atoms with Gasteiger partial charge in [0, 0.05) is 4.47 Å². The lowest BCUT2D eigenvalue weighted by atomic mass is 10.0. The van der Waals surface area contributed by atoms with Crippen LogP contribution >= 0.6 is 15.9 Å². The summed E-state index contributed by atoms with van der Waals surface area (Å²) in [6.07, 6.45) is -4.74. The maximum absolute atomic E-state index is 12.7. The number of alkyl halides is 3. The monoisotopic (exact) mass is 307 g/mol. The number of nitriles is 1. The molecule has 7 heteroatoms. The second-order valence-electron chi connectivity index (χ2n) is 2.98. The van der Waals surface area contributed by atoms with E-state index in [-0.39, 0.29) is 10.0 Å². The van der Waals surface area contributed by atoms with Crippen molar-refractivity contribution in [3.63, 3.8) is 0 Å². The maximum Gasteiger partial charge on any atom is 0.417 e. The summed E-state index contributed by atoms with van der Waals surface area (Å²) in [6, 6.07) is 3.32. The van der Waals surface area contributed by atoms with Gasteiger partial charge in [0.1, 0.15) is 0 Å². The quantitative estimate of drug-likeness (QED) is 0.749. The normalized spacial score (nSPS) is 10.8. The van der Waals surface area contributed by atoms with Gasteiger partial charge in [0.2, 0.25) is 0 Å². The van der Waals surface area contributed by atoms with E-state index in [4.69, 9.17) is 5.26 Å². The molecule has 0 bridgehead atoms. The van der Waals surface area contributed by atoms with Crippen LogP contribution in [0.4, 0.5) is 13.2 Å². The molecule has 17 heavy (non-hydrogen) atoms. The largest absolute Gasteiger partial charge is 0.465 e. The molecule has 1 aromatic rings. The first-order valence-corrected chi connectivity index (χ1v) is 4.99. The molecule has 0 amide bonds. The van der Waals surface area contributed by atoms with Gasteiger partial charge >= 0.3 is 12.1 Å². The maximum atomic E-state index is 12.7. The highest BCUT2D eigenvalue weighted by atomic mass is 79.9. The van der Waals surface area contributed by atoms with Gasteiger partial charge < -0.3 is 4.74 Å². The number of benzene rings is 1. The predicted octanol–water partition coefficient (Wildman–Crippen LogP) is 3.13. The third-order valence-corrected chi connectivity index (χ3v) is 2.54. The van der Waals surface area contributed by atoms with Crippen LogP contribution in [0.15, 0.2) is 16.6 Å². The Labute approximate surface area is 103 Å². The number of ether oxygens (including phenoxy) is 1. The van der Waals surface area contributed by atoms with E-state index >= 15 is 0 Å². The standard InChI is InChI=1S/C10H5BrF3NO2/c1-17-9(16)8-6(10(12,13)14)2-5(4-15)3-7(8)11/h2-3H,1H3. The summed E-state index contributed by atoms with van der Waals surface area (Å²) in [5, 5.41) is 8.58. The van der Waals surface area contributed by atoms with Crippen molar-refractivity contribution >= 4 is 21.9 Å². The van der Waals surface area contributed by atoms with E-state index in [0.717, 1.165) is 13.2 Å². The lowest BCUT2D eigenvalue weighted by molar-refractivity contribution is -0.138. The SMILES string of the molecule is COC(=O)c1c(Br)cc(C#N)cc1C(F)(F)F. The minimum Gasteiger partial charge on any atom is -0.465 e. The molecule has 90 valence electrons. The lowest BCUT2D eigenvalue weighted by Gasteiger charge is -2.13. The molecule has 0 heterocycles. The van der Waals surface area contributed by atoms with E-state index in [2.05, 4.69) is 20.7 Å². The van der Waals surface area contributed by atoms with Gasteiger partial charge in [0.25, 0.3) is 0 Å². The molecule has 0 aliphatic heterocycles. The van der Waals surface area contributed by atoms with E-state index in [1.165, 1.54) is 0 Å². The molecule has 0 atom stereocenters. The number of hydrogen-bond donors (Lipinski definition) is 0. The van der Waals surface area contributed by atoms with E-state index < -0.39 is 23.3 Å². The minimum atomic E-state index is -4.74. The van der Waals surface area contributed by atoms with E-state index in [1.54, 1.807) is 6.07 Å². The Morgan fingerprint density at radius 1 is 1.47 bits per heavy atom. The Kier molecular flexibility index (Phi) is 3.78. The van der Waals surface area contributed by atoms with E-state index in [1.807, 2.05) is 0 Å². The van der Waals surface area contributed by atoms with Crippen molar-refractivity contribution in [3.8, 4) is 6.07 Å². The molecular formula is C10H5BrF3NO2. The molecule has 0 aromatic heterocycles. The minimum absolute atomic E-state index is 0.129. The molecule has 0 fully saturated rings. The first-order valence-electron chi connectivity index (χ1n) is 4.20. The fourth-order valence-electron chi connectivity index (χ4n) is 1.20. The zero-order valence-electron chi connectivity index (χ0n) is 8.43. The smallest absolute Gasteiger partial charge is 0.417 e. The second-order valence-corrected chi connectivity index (χ2v) is 3.84. The van der Waals surface area contributed by atoms with Crippen LogP contribution in [0.25, 0.3) is 0 Å². The number of rotatable bonds is 1. The Hall–Kier alpha value is -1.55. The van der Waals surface area contributed by atoms with Crippen molar-refractivity contribution in [2.45, 2.75) is 6.18 Å². The van der Waals surface area contributed by atoms with Crippen molar-refractivity contribution < 1.29 is 22.7 Å². The molecule has 0 saturated heterocycles. The first kappa shape index (κ1) is 13.5. The molecule has 0 spiro atoms. The van der Waals surface area contributed by atoms with Gasteiger partial charge in [0.15, 0.2) is 0 Å². The molecule has 0 radical (unpaired) electrons. The molecular weight excluding hydrogens is 303 g/mol. The van der Waals surface area contributed by atoms with Gasteiger partial charge in [-0.15, -0.1) is 0 Å². The summed E-state index contributed by atoms with van der Waals surface area (Å²) < 4.78 is 42.3. The number of esters is 1. The Morgan fingerprint density at radius 2 is 2.06 bits per heavy atom. The van der Waals surface area contributed by atoms with Crippen LogP contribution in [0, 0.1) is 11.3 Å². The van der Waals surface area contributed by atoms with Crippen molar-refractivity contribution in [1.29, 1.82) is 5.26 Å². The third kappa shape index (κ3) is 2.77. The summed E-state index contributed by atoms with van der Waals surface area (Å²) in [7, 11) is 0.979. The first-order chi connectivity index (χ1) is 7.81. The number of carbonyl (C=O) groups is 1. The number of halogens is 4. The highest BCUT2D eigenvalue weighted by Crippen LogP contribution is 2.36. The number of nitrogens with zero attached hydrogens (tertiary/aromatic N) is 1. The van der Waals surface area contributed by atoms with Crippen molar-refractivity contribution in [1.82, 2.24) is 0 Å². The fraction of sp³-hybridized carbons (Fsp3) is 0.200. The second kappa shape index (κ2) is 4.75. The molecule has 3 nitrogen and oxygen atoms in total. The fourth-order valence-corrected chi connectivity index (χ4v) is 1.83. The summed E-state index contributed by atoms with van der Waals surface area (Å²) in [5.41, 5.74) is -2.04. The van der Waals surface area contributed by atoms with Crippen LogP contribution in [-0.2, 0) is 10.9 Å². The Balaban J connectivity index is 3.58. The van der Waals surface area contributed by atoms with Crippen molar-refractivity contribution in [2.24, 2.45) is 0 Å². The number of methoxy groups -OCH3 is 1. The predicted molar refractivity (Wildman–Crippen MR) is 55.2 cm³/mol. The van der Waals surface area contributed by atoms with E-state index in [0.29, 0.717) is 6.07 Å². The van der Waals surface area contributed by atoms with E-state index in [9.17, 15) is 18.0 Å². The zero-order valence-corrected chi connectivity index (χ0v) is 10.0. The van der Waals surface area contributed by atoms with Crippen LogP contribution in [0.3, 0.4) is 0 Å². The van der Waals surface area contributed by atoms with Crippen LogP contribution < -0.4 is 0 Å². The molecule has 1 aromatic carbocycles. The van der Waals surface area contributed by atoms with Crippen LogP contribution in [-0.4, -0.2) is 13.1 Å². The van der Waals surface area contributed by atoms with Crippen molar-refractivity contribution in [3.05, 3.63) is 33.3 Å².